The monoisotopic (exact) mass is 515 g/mol. The molecule has 1 saturated carbocycles. The summed E-state index contributed by atoms with van der Waals surface area (Å²) in [6.45, 7) is 1.81. The number of anilines is 1. The molecular weight excluding hydrogens is 488 g/mol. The predicted molar refractivity (Wildman–Crippen MR) is 128 cm³/mol. The molecule has 1 atom stereocenters. The second-order valence-electron chi connectivity index (χ2n) is 8.83. The molecule has 3 aromatic heterocycles. The number of carbonyl (C=O) groups is 2. The molecule has 0 bridgehead atoms. The lowest BCUT2D eigenvalue weighted by Gasteiger charge is -2.25. The third-order valence-corrected chi connectivity index (χ3v) is 5.93. The van der Waals surface area contributed by atoms with Crippen molar-refractivity contribution in [2.24, 2.45) is 0 Å². The van der Waals surface area contributed by atoms with Gasteiger partial charge in [0.05, 0.1) is 18.4 Å². The van der Waals surface area contributed by atoms with E-state index in [9.17, 15) is 23.2 Å². The maximum absolute atomic E-state index is 14.6. The van der Waals surface area contributed by atoms with Crippen LogP contribution in [-0.2, 0) is 24.4 Å². The minimum atomic E-state index is -1.44. The van der Waals surface area contributed by atoms with Gasteiger partial charge in [0.25, 0.3) is 11.5 Å². The number of aromatic nitrogens is 5. The number of ether oxygens (including phenoxy) is 1. The molecule has 2 N–H and O–H groups in total. The van der Waals surface area contributed by atoms with Crippen LogP contribution in [0.2, 0.25) is 0 Å². The highest BCUT2D eigenvalue weighted by Crippen LogP contribution is 2.22. The summed E-state index contributed by atoms with van der Waals surface area (Å²) >= 11 is 0. The van der Waals surface area contributed by atoms with E-state index >= 15 is 0 Å². The number of hydrogen-bond donors (Lipinski definition) is 2. The number of pyridine rings is 2. The van der Waals surface area contributed by atoms with Gasteiger partial charge in [-0.05, 0) is 50.3 Å². The summed E-state index contributed by atoms with van der Waals surface area (Å²) in [4.78, 5) is 40.5. The molecule has 3 heterocycles. The van der Waals surface area contributed by atoms with Gasteiger partial charge in [-0.25, -0.2) is 13.9 Å². The molecule has 0 spiro atoms. The Morgan fingerprint density at radius 2 is 2.08 bits per heavy atom. The molecule has 11 nitrogen and oxygen atoms in total. The van der Waals surface area contributed by atoms with Crippen LogP contribution in [0.5, 0.6) is 0 Å². The van der Waals surface area contributed by atoms with Crippen LogP contribution >= 0.6 is 0 Å². The summed E-state index contributed by atoms with van der Waals surface area (Å²) < 4.78 is 36.3. The molecule has 1 aliphatic rings. The van der Waals surface area contributed by atoms with Gasteiger partial charge >= 0.3 is 6.09 Å². The Morgan fingerprint density at radius 3 is 2.78 bits per heavy atom. The minimum Gasteiger partial charge on any atom is -0.446 e. The molecule has 1 fully saturated rings. The summed E-state index contributed by atoms with van der Waals surface area (Å²) in [5, 5.41) is 12.5. The number of halogens is 2. The summed E-state index contributed by atoms with van der Waals surface area (Å²) in [5.41, 5.74) is 0.430. The highest BCUT2D eigenvalue weighted by molar-refractivity contribution is 5.91. The Hall–Kier alpha value is -4.16. The fourth-order valence-electron chi connectivity index (χ4n) is 3.54. The average Bonchev–Trinajstić information content (AvgIpc) is 3.32. The topological polar surface area (TPSA) is 133 Å². The summed E-state index contributed by atoms with van der Waals surface area (Å²) in [7, 11) is 0. The Bertz CT molecular complexity index is 1310. The highest BCUT2D eigenvalue weighted by Gasteiger charge is 2.23. The lowest BCUT2D eigenvalue weighted by Crippen LogP contribution is -2.30. The number of carbonyl (C=O) groups excluding carboxylic acids is 2. The van der Waals surface area contributed by atoms with E-state index in [4.69, 9.17) is 4.74 Å². The van der Waals surface area contributed by atoms with Crippen LogP contribution in [0.3, 0.4) is 0 Å². The van der Waals surface area contributed by atoms with Crippen molar-refractivity contribution in [1.29, 1.82) is 0 Å². The van der Waals surface area contributed by atoms with Crippen molar-refractivity contribution >= 4 is 17.7 Å². The molecule has 3 aromatic rings. The molecule has 0 aromatic carbocycles. The SMILES string of the molecule is Cc1ccc(CNC(=O)c2cn(CC(F)CCn3ccc(NC(=O)OC4CCC4)c(F)c3=O)nn2)cn1. The van der Waals surface area contributed by atoms with E-state index in [1.54, 1.807) is 6.20 Å². The molecule has 13 heteroatoms. The van der Waals surface area contributed by atoms with Crippen molar-refractivity contribution in [3.05, 3.63) is 69.9 Å². The van der Waals surface area contributed by atoms with Gasteiger partial charge in [0.1, 0.15) is 12.3 Å². The second kappa shape index (κ2) is 11.7. The molecule has 4 rings (SSSR count). The van der Waals surface area contributed by atoms with Crippen LogP contribution in [0.15, 0.2) is 41.6 Å². The van der Waals surface area contributed by atoms with Crippen LogP contribution in [0.25, 0.3) is 0 Å². The van der Waals surface area contributed by atoms with Crippen molar-refractivity contribution in [3.8, 4) is 0 Å². The third-order valence-electron chi connectivity index (χ3n) is 5.93. The lowest BCUT2D eigenvalue weighted by molar-refractivity contribution is 0.0623. The maximum atomic E-state index is 14.6. The van der Waals surface area contributed by atoms with Crippen molar-refractivity contribution in [2.45, 2.75) is 64.5 Å². The third kappa shape index (κ3) is 6.96. The van der Waals surface area contributed by atoms with E-state index in [2.05, 4.69) is 25.9 Å². The van der Waals surface area contributed by atoms with Gasteiger partial charge in [-0.3, -0.25) is 19.9 Å². The van der Waals surface area contributed by atoms with Gasteiger partial charge in [0.2, 0.25) is 5.82 Å². The fraction of sp³-hybridized carbons (Fsp3) is 0.417. The number of nitrogens with one attached hydrogen (secondary N) is 2. The zero-order valence-electron chi connectivity index (χ0n) is 20.2. The standard InChI is InChI=1S/C24H27F2N7O4/c1-15-5-6-16(11-27-15)12-28-22(34)20-14-33(31-30-20)13-17(25)7-9-32-10-8-19(21(26)23(32)35)29-24(36)37-18-3-2-4-18/h5-6,8,10-11,14,17-18H,2-4,7,9,12-13H2,1H3,(H,28,34)(H,29,36). The Labute approximate surface area is 210 Å². The van der Waals surface area contributed by atoms with Crippen molar-refractivity contribution in [2.75, 3.05) is 5.32 Å². The largest absolute Gasteiger partial charge is 0.446 e. The van der Waals surface area contributed by atoms with E-state index in [1.807, 2.05) is 19.1 Å². The first-order chi connectivity index (χ1) is 17.8. The Morgan fingerprint density at radius 1 is 1.27 bits per heavy atom. The molecule has 196 valence electrons. The van der Waals surface area contributed by atoms with Gasteiger partial charge in [-0.2, -0.15) is 4.39 Å². The summed E-state index contributed by atoms with van der Waals surface area (Å²) in [6, 6.07) is 4.90. The summed E-state index contributed by atoms with van der Waals surface area (Å²) in [5.74, 6) is -1.62. The van der Waals surface area contributed by atoms with Crippen LogP contribution in [0.4, 0.5) is 19.3 Å². The number of hydrogen-bond acceptors (Lipinski definition) is 7. The number of nitrogens with zero attached hydrogens (tertiary/aromatic N) is 5. The summed E-state index contributed by atoms with van der Waals surface area (Å²) in [6.07, 6.45) is 4.19. The van der Waals surface area contributed by atoms with Crippen molar-refractivity contribution in [3.63, 3.8) is 0 Å². The Kier molecular flexibility index (Phi) is 8.21. The number of alkyl halides is 1. The first kappa shape index (κ1) is 25.9. The van der Waals surface area contributed by atoms with Gasteiger partial charge in [-0.15, -0.1) is 5.10 Å². The van der Waals surface area contributed by atoms with Gasteiger partial charge in [0, 0.05) is 31.2 Å². The van der Waals surface area contributed by atoms with E-state index in [1.165, 1.54) is 23.1 Å². The van der Waals surface area contributed by atoms with Gasteiger partial charge in [-0.1, -0.05) is 11.3 Å². The molecule has 0 saturated heterocycles. The Balaban J connectivity index is 1.25. The molecule has 1 unspecified atom stereocenters. The van der Waals surface area contributed by atoms with Gasteiger partial charge in [0.15, 0.2) is 5.69 Å². The zero-order chi connectivity index (χ0) is 26.4. The average molecular weight is 516 g/mol. The van der Waals surface area contributed by atoms with E-state index in [0.29, 0.717) is 0 Å². The minimum absolute atomic E-state index is 0.0319. The second-order valence-corrected chi connectivity index (χ2v) is 8.83. The van der Waals surface area contributed by atoms with Crippen LogP contribution < -0.4 is 16.2 Å². The molecule has 2 amide bonds. The van der Waals surface area contributed by atoms with E-state index < -0.39 is 29.5 Å². The fourth-order valence-corrected chi connectivity index (χ4v) is 3.54. The van der Waals surface area contributed by atoms with Crippen molar-refractivity contribution < 1.29 is 23.1 Å². The quantitative estimate of drug-likeness (QED) is 0.424. The molecule has 0 radical (unpaired) electrons. The maximum Gasteiger partial charge on any atom is 0.411 e. The van der Waals surface area contributed by atoms with E-state index in [0.717, 1.165) is 35.1 Å². The number of aryl methyl sites for hydroxylation is 2. The molecule has 37 heavy (non-hydrogen) atoms. The molecular formula is C24H27F2N7O4. The van der Waals surface area contributed by atoms with Gasteiger partial charge < -0.3 is 14.6 Å². The van der Waals surface area contributed by atoms with Crippen LogP contribution in [-0.4, -0.2) is 48.8 Å². The smallest absolute Gasteiger partial charge is 0.411 e. The van der Waals surface area contributed by atoms with Crippen molar-refractivity contribution in [1.82, 2.24) is 29.9 Å². The molecule has 0 aliphatic heterocycles. The number of amides is 2. The predicted octanol–water partition coefficient (Wildman–Crippen LogP) is 2.74. The van der Waals surface area contributed by atoms with E-state index in [-0.39, 0.29) is 43.5 Å². The first-order valence-corrected chi connectivity index (χ1v) is 11.9. The van der Waals surface area contributed by atoms with Crippen LogP contribution in [0, 0.1) is 12.7 Å². The first-order valence-electron chi connectivity index (χ1n) is 11.9. The normalized spacial score (nSPS) is 14.0. The highest BCUT2D eigenvalue weighted by atomic mass is 19.1. The number of rotatable bonds is 10. The lowest BCUT2D eigenvalue weighted by atomic mass is 9.96. The zero-order valence-corrected chi connectivity index (χ0v) is 20.2. The van der Waals surface area contributed by atoms with Crippen LogP contribution in [0.1, 0.15) is 47.4 Å². The molecule has 1 aliphatic carbocycles.